The molecule has 0 unspecified atom stereocenters. The maximum Gasteiger partial charge on any atom is 0.335 e. The first-order valence-corrected chi connectivity index (χ1v) is 6.40. The van der Waals surface area contributed by atoms with E-state index >= 15 is 0 Å². The average Bonchev–Trinajstić information content (AvgIpc) is 2.37. The number of hydrogen-bond acceptors (Lipinski definition) is 2. The van der Waals surface area contributed by atoms with Crippen LogP contribution in [0.4, 0.5) is 0 Å². The second-order valence-electron chi connectivity index (χ2n) is 5.11. The summed E-state index contributed by atoms with van der Waals surface area (Å²) in [6.45, 7) is 5.58. The highest BCUT2D eigenvalue weighted by Gasteiger charge is 2.04. The number of aromatic carboxylic acids is 1. The standard InChI is InChI=1S/C16H18O3/c1-11(2)9-19-10-12-3-4-14-8-15(16(17)18)6-5-13(14)7-12/h3-8,11H,9-10H2,1-2H3,(H,17,18). The molecule has 0 spiro atoms. The van der Waals surface area contributed by atoms with Gasteiger partial charge in [-0.15, -0.1) is 0 Å². The Kier molecular flexibility index (Phi) is 4.17. The molecule has 0 aliphatic rings. The summed E-state index contributed by atoms with van der Waals surface area (Å²) in [6, 6.07) is 11.1. The third-order valence-corrected chi connectivity index (χ3v) is 2.87. The highest BCUT2D eigenvalue weighted by molar-refractivity contribution is 5.94. The summed E-state index contributed by atoms with van der Waals surface area (Å²) in [5.74, 6) is -0.371. The lowest BCUT2D eigenvalue weighted by molar-refractivity contribution is 0.0697. The molecule has 0 atom stereocenters. The van der Waals surface area contributed by atoms with Gasteiger partial charge in [0.25, 0.3) is 0 Å². The molecule has 1 N–H and O–H groups in total. The van der Waals surface area contributed by atoms with E-state index < -0.39 is 5.97 Å². The molecule has 0 saturated heterocycles. The number of carboxylic acid groups (broad SMARTS) is 1. The SMILES string of the molecule is CC(C)COCc1ccc2cc(C(=O)O)ccc2c1. The minimum Gasteiger partial charge on any atom is -0.478 e. The Morgan fingerprint density at radius 2 is 1.84 bits per heavy atom. The molecule has 0 heterocycles. The molecule has 19 heavy (non-hydrogen) atoms. The van der Waals surface area contributed by atoms with Gasteiger partial charge in [0.1, 0.15) is 0 Å². The average molecular weight is 258 g/mol. The van der Waals surface area contributed by atoms with Crippen LogP contribution in [0.15, 0.2) is 36.4 Å². The van der Waals surface area contributed by atoms with Crippen molar-refractivity contribution in [2.24, 2.45) is 5.92 Å². The van der Waals surface area contributed by atoms with Crippen LogP contribution in [0.25, 0.3) is 10.8 Å². The number of carbonyl (C=O) groups is 1. The molecule has 0 amide bonds. The van der Waals surface area contributed by atoms with Gasteiger partial charge in [-0.25, -0.2) is 4.79 Å². The lowest BCUT2D eigenvalue weighted by Crippen LogP contribution is -2.01. The topological polar surface area (TPSA) is 46.5 Å². The van der Waals surface area contributed by atoms with Gasteiger partial charge in [-0.3, -0.25) is 0 Å². The number of benzene rings is 2. The second-order valence-corrected chi connectivity index (χ2v) is 5.11. The molecule has 2 aromatic carbocycles. The van der Waals surface area contributed by atoms with E-state index in [4.69, 9.17) is 9.84 Å². The van der Waals surface area contributed by atoms with Gasteiger partial charge in [-0.1, -0.05) is 32.0 Å². The molecular formula is C16H18O3. The third-order valence-electron chi connectivity index (χ3n) is 2.87. The minimum atomic E-state index is -0.897. The van der Waals surface area contributed by atoms with Gasteiger partial charge in [0.2, 0.25) is 0 Å². The van der Waals surface area contributed by atoms with Crippen molar-refractivity contribution in [1.29, 1.82) is 0 Å². The Hall–Kier alpha value is -1.87. The molecule has 0 saturated carbocycles. The quantitative estimate of drug-likeness (QED) is 0.889. The Morgan fingerprint density at radius 3 is 2.53 bits per heavy atom. The maximum absolute atomic E-state index is 10.9. The smallest absolute Gasteiger partial charge is 0.335 e. The minimum absolute atomic E-state index is 0.316. The van der Waals surface area contributed by atoms with E-state index in [2.05, 4.69) is 13.8 Å². The summed E-state index contributed by atoms with van der Waals surface area (Å²) in [5.41, 5.74) is 1.42. The number of carboxylic acids is 1. The summed E-state index contributed by atoms with van der Waals surface area (Å²) in [7, 11) is 0. The Labute approximate surface area is 112 Å². The van der Waals surface area contributed by atoms with Gasteiger partial charge in [-0.2, -0.15) is 0 Å². The Balaban J connectivity index is 2.17. The highest BCUT2D eigenvalue weighted by atomic mass is 16.5. The van der Waals surface area contributed by atoms with Crippen LogP contribution in [0.5, 0.6) is 0 Å². The van der Waals surface area contributed by atoms with Gasteiger partial charge in [0.05, 0.1) is 12.2 Å². The van der Waals surface area contributed by atoms with Crippen molar-refractivity contribution in [3.8, 4) is 0 Å². The van der Waals surface area contributed by atoms with Gasteiger partial charge >= 0.3 is 5.97 Å². The summed E-state index contributed by atoms with van der Waals surface area (Å²) >= 11 is 0. The maximum atomic E-state index is 10.9. The van der Waals surface area contributed by atoms with Crippen LogP contribution < -0.4 is 0 Å². The van der Waals surface area contributed by atoms with Crippen molar-refractivity contribution in [2.75, 3.05) is 6.61 Å². The largest absolute Gasteiger partial charge is 0.478 e. The molecule has 0 aliphatic carbocycles. The zero-order chi connectivity index (χ0) is 13.8. The van der Waals surface area contributed by atoms with E-state index in [0.717, 1.165) is 22.9 Å². The van der Waals surface area contributed by atoms with Crippen LogP contribution in [0.3, 0.4) is 0 Å². The molecule has 0 bridgehead atoms. The van der Waals surface area contributed by atoms with Crippen LogP contribution in [-0.2, 0) is 11.3 Å². The number of fused-ring (bicyclic) bond motifs is 1. The van der Waals surface area contributed by atoms with Crippen molar-refractivity contribution >= 4 is 16.7 Å². The van der Waals surface area contributed by atoms with Crippen LogP contribution >= 0.6 is 0 Å². The second kappa shape index (κ2) is 5.85. The summed E-state index contributed by atoms with van der Waals surface area (Å²) in [4.78, 5) is 10.9. The van der Waals surface area contributed by atoms with Crippen LogP contribution in [0, 0.1) is 5.92 Å². The van der Waals surface area contributed by atoms with Crippen LogP contribution in [0.1, 0.15) is 29.8 Å². The van der Waals surface area contributed by atoms with Crippen LogP contribution in [0.2, 0.25) is 0 Å². The van der Waals surface area contributed by atoms with E-state index in [1.165, 1.54) is 0 Å². The van der Waals surface area contributed by atoms with Crippen molar-refractivity contribution in [1.82, 2.24) is 0 Å². The highest BCUT2D eigenvalue weighted by Crippen LogP contribution is 2.18. The first-order chi connectivity index (χ1) is 9.06. The summed E-state index contributed by atoms with van der Waals surface area (Å²) < 4.78 is 5.60. The molecule has 0 fully saturated rings. The van der Waals surface area contributed by atoms with Crippen molar-refractivity contribution in [3.05, 3.63) is 47.5 Å². The van der Waals surface area contributed by atoms with Crippen LogP contribution in [-0.4, -0.2) is 17.7 Å². The van der Waals surface area contributed by atoms with Gasteiger partial charge < -0.3 is 9.84 Å². The number of hydrogen-bond donors (Lipinski definition) is 1. The molecule has 2 rings (SSSR count). The molecule has 0 aliphatic heterocycles. The molecule has 0 radical (unpaired) electrons. The first kappa shape index (κ1) is 13.6. The Bertz CT molecular complexity index is 588. The van der Waals surface area contributed by atoms with Crippen molar-refractivity contribution < 1.29 is 14.6 Å². The molecule has 3 heteroatoms. The van der Waals surface area contributed by atoms with E-state index in [1.807, 2.05) is 24.3 Å². The normalized spacial score (nSPS) is 11.1. The van der Waals surface area contributed by atoms with Crippen molar-refractivity contribution in [2.45, 2.75) is 20.5 Å². The fourth-order valence-electron chi connectivity index (χ4n) is 1.93. The first-order valence-electron chi connectivity index (χ1n) is 6.40. The van der Waals surface area contributed by atoms with E-state index in [1.54, 1.807) is 12.1 Å². The zero-order valence-electron chi connectivity index (χ0n) is 11.2. The van der Waals surface area contributed by atoms with Gasteiger partial charge in [0, 0.05) is 6.61 Å². The molecular weight excluding hydrogens is 240 g/mol. The molecule has 2 aromatic rings. The number of ether oxygens (including phenoxy) is 1. The van der Waals surface area contributed by atoms with Gasteiger partial charge in [-0.05, 0) is 40.5 Å². The van der Waals surface area contributed by atoms with E-state index in [0.29, 0.717) is 18.1 Å². The third kappa shape index (κ3) is 3.55. The molecule has 0 aromatic heterocycles. The number of rotatable bonds is 5. The zero-order valence-corrected chi connectivity index (χ0v) is 11.2. The molecule has 100 valence electrons. The predicted molar refractivity (Wildman–Crippen MR) is 75.4 cm³/mol. The lowest BCUT2D eigenvalue weighted by atomic mass is 10.0. The monoisotopic (exact) mass is 258 g/mol. The van der Waals surface area contributed by atoms with E-state index in [-0.39, 0.29) is 0 Å². The van der Waals surface area contributed by atoms with Crippen molar-refractivity contribution in [3.63, 3.8) is 0 Å². The predicted octanol–water partition coefficient (Wildman–Crippen LogP) is 3.71. The Morgan fingerprint density at radius 1 is 1.16 bits per heavy atom. The van der Waals surface area contributed by atoms with Gasteiger partial charge in [0.15, 0.2) is 0 Å². The summed E-state index contributed by atoms with van der Waals surface area (Å²) in [5, 5.41) is 10.9. The fourth-order valence-corrected chi connectivity index (χ4v) is 1.93. The fraction of sp³-hybridized carbons (Fsp3) is 0.312. The van der Waals surface area contributed by atoms with E-state index in [9.17, 15) is 4.79 Å². The molecule has 3 nitrogen and oxygen atoms in total. The summed E-state index contributed by atoms with van der Waals surface area (Å²) in [6.07, 6.45) is 0. The lowest BCUT2D eigenvalue weighted by Gasteiger charge is -2.08.